The first kappa shape index (κ1) is 16.3. The third-order valence-electron chi connectivity index (χ3n) is 2.46. The molecule has 0 rings (SSSR count). The minimum atomic E-state index is -0.0248. The molecule has 0 radical (unpaired) electrons. The monoisotopic (exact) mass is 340 g/mol. The summed E-state index contributed by atoms with van der Waals surface area (Å²) < 4.78 is 9.53. The Morgan fingerprint density at radius 1 is 0.938 bits per heavy atom. The molecule has 0 aromatic rings. The zero-order valence-corrected chi connectivity index (χ0v) is 13.2. The predicted octanol–water partition coefficient (Wildman–Crippen LogP) is 3.86. The van der Waals surface area contributed by atoms with Crippen LogP contribution in [0.5, 0.6) is 0 Å². The van der Waals surface area contributed by atoms with Crippen LogP contribution >= 0.6 is 0 Å². The van der Waals surface area contributed by atoms with Gasteiger partial charge in [-0.25, -0.2) is 0 Å². The topological polar surface area (TPSA) is 9.23 Å². The molecule has 0 unspecified atom stereocenters. The van der Waals surface area contributed by atoms with Crippen LogP contribution in [0.4, 0.5) is 0 Å². The molecule has 94 valence electrons. The van der Waals surface area contributed by atoms with Crippen molar-refractivity contribution in [3.8, 4) is 9.89 Å². The summed E-state index contributed by atoms with van der Waals surface area (Å²) in [5.41, 5.74) is 0. The van der Waals surface area contributed by atoms with Gasteiger partial charge >= 0.3 is 112 Å². The van der Waals surface area contributed by atoms with Crippen LogP contribution in [0.25, 0.3) is 0 Å². The van der Waals surface area contributed by atoms with Crippen molar-refractivity contribution in [1.82, 2.24) is 0 Å². The Labute approximate surface area is 112 Å². The predicted molar refractivity (Wildman–Crippen MR) is 72.8 cm³/mol. The molecule has 1 nitrogen and oxygen atoms in total. The summed E-state index contributed by atoms with van der Waals surface area (Å²) >= 11 is -0.0248. The maximum atomic E-state index is 4.88. The molecule has 0 spiro atoms. The molecule has 16 heavy (non-hydrogen) atoms. The van der Waals surface area contributed by atoms with Gasteiger partial charge in [-0.15, -0.1) is 0 Å². The summed E-state index contributed by atoms with van der Waals surface area (Å²) in [7, 11) is 1.70. The van der Waals surface area contributed by atoms with Gasteiger partial charge in [0.2, 0.25) is 0 Å². The fourth-order valence-corrected chi connectivity index (χ4v) is 3.26. The van der Waals surface area contributed by atoms with E-state index in [1.807, 2.05) is 0 Å². The first-order valence-electron chi connectivity index (χ1n) is 6.50. The molecule has 0 saturated heterocycles. The van der Waals surface area contributed by atoms with Crippen molar-refractivity contribution in [3.63, 3.8) is 0 Å². The molecule has 0 aromatic carbocycles. The number of hydrogen-bond acceptors (Lipinski definition) is 1. The van der Waals surface area contributed by atoms with E-state index in [1.54, 1.807) is 7.11 Å². The molecule has 0 aromatic heterocycles. The molecular weight excluding hydrogens is 312 g/mol. The van der Waals surface area contributed by atoms with E-state index >= 15 is 0 Å². The molecule has 2 heteroatoms. The van der Waals surface area contributed by atoms with Gasteiger partial charge in [-0.2, -0.15) is 0 Å². The van der Waals surface area contributed by atoms with E-state index in [9.17, 15) is 0 Å². The second kappa shape index (κ2) is 15.3. The van der Waals surface area contributed by atoms with Crippen molar-refractivity contribution in [1.29, 1.82) is 0 Å². The molecule has 0 atom stereocenters. The Morgan fingerprint density at radius 3 is 2.19 bits per heavy atom. The fraction of sp³-hybridized carbons (Fsp3) is 0.857. The second-order valence-electron chi connectivity index (χ2n) is 4.04. The Morgan fingerprint density at radius 2 is 1.56 bits per heavy atom. The third kappa shape index (κ3) is 14.3. The fourth-order valence-electron chi connectivity index (χ4n) is 1.51. The van der Waals surface area contributed by atoms with Crippen molar-refractivity contribution in [2.45, 2.75) is 62.8 Å². The number of unbranched alkanes of at least 4 members (excludes halogenated alkanes) is 7. The standard InChI is InChI=1S/C14H26OTe/c1-3-4-5-6-7-8-9-10-13-16-14-11-12-15-2/h3-10,12-13H2,1-2H3. The quantitative estimate of drug-likeness (QED) is 0.334. The Hall–Kier alpha value is 0.310. The summed E-state index contributed by atoms with van der Waals surface area (Å²) in [6.45, 7) is 2.89. The molecule has 0 bridgehead atoms. The number of rotatable bonds is 10. The molecule has 0 heterocycles. The molecule has 0 aliphatic heterocycles. The van der Waals surface area contributed by atoms with E-state index < -0.39 is 0 Å². The van der Waals surface area contributed by atoms with Gasteiger partial charge in [0.05, 0.1) is 0 Å². The van der Waals surface area contributed by atoms with Gasteiger partial charge in [0.25, 0.3) is 0 Å². The average Bonchev–Trinajstić information content (AvgIpc) is 2.31. The second-order valence-corrected chi connectivity index (χ2v) is 6.61. The zero-order chi connectivity index (χ0) is 11.9. The van der Waals surface area contributed by atoms with Crippen LogP contribution in [0.2, 0.25) is 4.47 Å². The average molecular weight is 338 g/mol. The van der Waals surface area contributed by atoms with Crippen LogP contribution in [0.3, 0.4) is 0 Å². The van der Waals surface area contributed by atoms with Crippen LogP contribution in [-0.2, 0) is 4.74 Å². The molecule has 0 aliphatic rings. The number of hydrogen-bond donors (Lipinski definition) is 0. The van der Waals surface area contributed by atoms with Crippen LogP contribution in [0.15, 0.2) is 0 Å². The summed E-state index contributed by atoms with van der Waals surface area (Å²) in [6, 6.07) is 0. The molecule has 0 fully saturated rings. The number of methoxy groups -OCH3 is 1. The van der Waals surface area contributed by atoms with Crippen molar-refractivity contribution >= 4 is 20.9 Å². The van der Waals surface area contributed by atoms with E-state index in [-0.39, 0.29) is 20.9 Å². The van der Waals surface area contributed by atoms with Crippen molar-refractivity contribution in [2.75, 3.05) is 13.7 Å². The normalized spacial score (nSPS) is 9.88. The summed E-state index contributed by atoms with van der Waals surface area (Å²) in [4.78, 5) is 0. The summed E-state index contributed by atoms with van der Waals surface area (Å²) in [5, 5.41) is 0. The van der Waals surface area contributed by atoms with Gasteiger partial charge in [-0.3, -0.25) is 0 Å². The van der Waals surface area contributed by atoms with Gasteiger partial charge in [-0.1, -0.05) is 0 Å². The van der Waals surface area contributed by atoms with E-state index in [1.165, 1.54) is 55.8 Å². The van der Waals surface area contributed by atoms with Gasteiger partial charge in [0, 0.05) is 0 Å². The summed E-state index contributed by atoms with van der Waals surface area (Å²) in [5.74, 6) is 3.05. The first-order valence-corrected chi connectivity index (χ1v) is 9.31. The van der Waals surface area contributed by atoms with Crippen LogP contribution < -0.4 is 0 Å². The van der Waals surface area contributed by atoms with E-state index in [0.717, 1.165) is 0 Å². The van der Waals surface area contributed by atoms with Gasteiger partial charge in [0.15, 0.2) is 0 Å². The van der Waals surface area contributed by atoms with Crippen LogP contribution in [0, 0.1) is 9.89 Å². The van der Waals surface area contributed by atoms with Crippen molar-refractivity contribution < 1.29 is 4.74 Å². The SMILES string of the molecule is CCCCCCCCCC[Te]C#CCOC. The Bertz CT molecular complexity index is 181. The van der Waals surface area contributed by atoms with E-state index in [2.05, 4.69) is 16.8 Å². The summed E-state index contributed by atoms with van der Waals surface area (Å²) in [6.07, 6.45) is 11.3. The van der Waals surface area contributed by atoms with Gasteiger partial charge in [0.1, 0.15) is 0 Å². The molecule has 0 N–H and O–H groups in total. The van der Waals surface area contributed by atoms with Gasteiger partial charge in [-0.05, 0) is 0 Å². The van der Waals surface area contributed by atoms with Gasteiger partial charge < -0.3 is 0 Å². The molecule has 0 amide bonds. The molecule has 0 aliphatic carbocycles. The van der Waals surface area contributed by atoms with Crippen molar-refractivity contribution in [3.05, 3.63) is 0 Å². The van der Waals surface area contributed by atoms with Crippen molar-refractivity contribution in [2.24, 2.45) is 0 Å². The third-order valence-corrected chi connectivity index (χ3v) is 4.69. The van der Waals surface area contributed by atoms with E-state index in [0.29, 0.717) is 6.61 Å². The van der Waals surface area contributed by atoms with E-state index in [4.69, 9.17) is 4.74 Å². The first-order chi connectivity index (χ1) is 7.91. The van der Waals surface area contributed by atoms with Crippen LogP contribution in [0.1, 0.15) is 58.3 Å². The minimum absolute atomic E-state index is 0.0248. The number of ether oxygens (including phenoxy) is 1. The van der Waals surface area contributed by atoms with Crippen LogP contribution in [-0.4, -0.2) is 34.6 Å². The molecular formula is C14H26OTe. The zero-order valence-electron chi connectivity index (χ0n) is 10.9. The maximum absolute atomic E-state index is 4.88. The Kier molecular flexibility index (Phi) is 15.6. The molecule has 0 saturated carbocycles. The Balaban J connectivity index is 2.96.